The van der Waals surface area contributed by atoms with Gasteiger partial charge in [-0.2, -0.15) is 47.6 Å². The predicted octanol–water partition coefficient (Wildman–Crippen LogP) is 8.53. The summed E-state index contributed by atoms with van der Waals surface area (Å²) >= 11 is 0. The van der Waals surface area contributed by atoms with Gasteiger partial charge in [0.15, 0.2) is 5.65 Å². The third kappa shape index (κ3) is 4.38. The fourth-order valence-electron chi connectivity index (χ4n) is 6.66. The number of aromatic nitrogens is 6. The molecule has 4 aromatic carbocycles. The van der Waals surface area contributed by atoms with Crippen molar-refractivity contribution in [3.63, 3.8) is 0 Å². The van der Waals surface area contributed by atoms with Crippen molar-refractivity contribution in [2.45, 2.75) is 38.5 Å². The average Bonchev–Trinajstić information content (AvgIpc) is 3.77. The van der Waals surface area contributed by atoms with Gasteiger partial charge in [0.2, 0.25) is 5.78 Å². The molecule has 0 fully saturated rings. The topological polar surface area (TPSA) is 52.9 Å². The van der Waals surface area contributed by atoms with Crippen LogP contribution in [0.1, 0.15) is 39.0 Å². The van der Waals surface area contributed by atoms with Crippen LogP contribution in [-0.2, 0) is 30.9 Å². The number of fused-ring (bicyclic) bond motifs is 8. The van der Waals surface area contributed by atoms with Gasteiger partial charge in [-0.1, -0.05) is 76.2 Å². The molecule has 0 N–H and O–H groups in total. The molecule has 9 rings (SSSR count). The zero-order valence-corrected chi connectivity index (χ0v) is 28.5. The fraction of sp³-hybridized carbons (Fsp3) is 0.154. The van der Waals surface area contributed by atoms with E-state index < -0.39 is 0 Å². The molecule has 1 radical (unpaired) electrons. The molecule has 0 aliphatic carbocycles. The molecule has 46 heavy (non-hydrogen) atoms. The third-order valence-corrected chi connectivity index (χ3v) is 9.62. The van der Waals surface area contributed by atoms with Crippen LogP contribution in [0.5, 0.6) is 0 Å². The second-order valence-corrected chi connectivity index (χ2v) is 12.5. The van der Waals surface area contributed by atoms with Crippen molar-refractivity contribution in [1.82, 2.24) is 28.7 Å². The zero-order valence-electron chi connectivity index (χ0n) is 26.1. The van der Waals surface area contributed by atoms with Crippen molar-refractivity contribution in [1.29, 1.82) is 0 Å². The minimum atomic E-state index is -0.0448. The van der Waals surface area contributed by atoms with E-state index in [9.17, 15) is 0 Å². The summed E-state index contributed by atoms with van der Waals surface area (Å²) in [7, 11) is 0. The average molecular weight is 777 g/mol. The molecule has 0 bridgehead atoms. The number of benzene rings is 4. The summed E-state index contributed by atoms with van der Waals surface area (Å²) < 4.78 is 6.30. The first-order valence-corrected chi connectivity index (χ1v) is 15.2. The standard InChI is InChI=1S/C21H21N2.C18H11N4.Ir/c1-20(2)17-12-8-9-13-18(17)23-19(21(20,3)4)16(14-22-23)15-10-6-5-7-11-15;1-2-7-13(8-3-1)21-15-10-4-5-11-16(15)22-17-14(20-18(21)22)9-6-12-19-17;/h5-12,14H,1-4H3;1-10,12H;/q2*-1;. The predicted molar refractivity (Wildman–Crippen MR) is 180 cm³/mol. The number of rotatable bonds is 2. The molecule has 0 amide bonds. The van der Waals surface area contributed by atoms with Crippen LogP contribution in [0.2, 0.25) is 0 Å². The van der Waals surface area contributed by atoms with Crippen LogP contribution in [-0.4, -0.2) is 28.7 Å². The summed E-state index contributed by atoms with van der Waals surface area (Å²) in [5, 5.41) is 4.72. The van der Waals surface area contributed by atoms with Gasteiger partial charge >= 0.3 is 0 Å². The van der Waals surface area contributed by atoms with E-state index >= 15 is 0 Å². The second kappa shape index (κ2) is 11.2. The molecule has 0 unspecified atom stereocenters. The van der Waals surface area contributed by atoms with E-state index in [0.29, 0.717) is 0 Å². The molecule has 6 nitrogen and oxygen atoms in total. The first kappa shape index (κ1) is 29.8. The Morgan fingerprint density at radius 1 is 0.717 bits per heavy atom. The van der Waals surface area contributed by atoms with Crippen molar-refractivity contribution in [2.75, 3.05) is 0 Å². The minimum Gasteiger partial charge on any atom is -0.333 e. The summed E-state index contributed by atoms with van der Waals surface area (Å²) in [6, 6.07) is 43.7. The van der Waals surface area contributed by atoms with Crippen LogP contribution < -0.4 is 0 Å². The SMILES string of the molecule is CC1(C)c2ccc[c-]c2-n2ncc(-c3ccccc3)c2C1(C)C.[Ir].[c-]1cccc2c1n1c3ncccc3nc1n2-c1ccccc1. The molecule has 229 valence electrons. The van der Waals surface area contributed by atoms with Gasteiger partial charge in [0.05, 0.1) is 11.9 Å². The summed E-state index contributed by atoms with van der Waals surface area (Å²) in [4.78, 5) is 9.27. The quantitative estimate of drug-likeness (QED) is 0.166. The van der Waals surface area contributed by atoms with Gasteiger partial charge in [0, 0.05) is 43.0 Å². The first-order valence-electron chi connectivity index (χ1n) is 15.2. The van der Waals surface area contributed by atoms with Crippen molar-refractivity contribution in [2.24, 2.45) is 0 Å². The Morgan fingerprint density at radius 3 is 2.22 bits per heavy atom. The van der Waals surface area contributed by atoms with Crippen molar-refractivity contribution < 1.29 is 20.1 Å². The van der Waals surface area contributed by atoms with Gasteiger partial charge < -0.3 is 4.57 Å². The smallest absolute Gasteiger partial charge is 0.208 e. The molecule has 1 aliphatic heterocycles. The van der Waals surface area contributed by atoms with Gasteiger partial charge in [0.1, 0.15) is 5.52 Å². The molecule has 7 heteroatoms. The van der Waals surface area contributed by atoms with Gasteiger partial charge in [-0.25, -0.2) is 9.97 Å². The van der Waals surface area contributed by atoms with Crippen LogP contribution in [0.3, 0.4) is 0 Å². The number of hydrogen-bond acceptors (Lipinski definition) is 3. The number of hydrogen-bond donors (Lipinski definition) is 0. The van der Waals surface area contributed by atoms with E-state index in [2.05, 4.69) is 119 Å². The maximum absolute atomic E-state index is 4.77. The van der Waals surface area contributed by atoms with Crippen LogP contribution in [0.4, 0.5) is 0 Å². The number of para-hydroxylation sites is 3. The molecular weight excluding hydrogens is 745 g/mol. The summed E-state index contributed by atoms with van der Waals surface area (Å²) in [5.41, 5.74) is 10.9. The Kier molecular flexibility index (Phi) is 7.27. The maximum Gasteiger partial charge on any atom is 0.208 e. The Bertz CT molecular complexity index is 2310. The molecule has 1 aliphatic rings. The summed E-state index contributed by atoms with van der Waals surface area (Å²) in [6.07, 6.45) is 3.80. The van der Waals surface area contributed by atoms with Gasteiger partial charge in [0.25, 0.3) is 0 Å². The monoisotopic (exact) mass is 777 g/mol. The molecule has 0 atom stereocenters. The maximum atomic E-state index is 4.77. The van der Waals surface area contributed by atoms with Crippen molar-refractivity contribution in [3.05, 3.63) is 145 Å². The van der Waals surface area contributed by atoms with Gasteiger partial charge in [-0.15, -0.1) is 11.6 Å². The zero-order chi connectivity index (χ0) is 30.8. The van der Waals surface area contributed by atoms with Crippen molar-refractivity contribution >= 4 is 28.0 Å². The second-order valence-electron chi connectivity index (χ2n) is 12.5. The summed E-state index contributed by atoms with van der Waals surface area (Å²) in [6.45, 7) is 9.29. The van der Waals surface area contributed by atoms with Gasteiger partial charge in [-0.05, 0) is 52.0 Å². The fourth-order valence-corrected chi connectivity index (χ4v) is 6.66. The largest absolute Gasteiger partial charge is 0.333 e. The first-order chi connectivity index (χ1) is 21.9. The van der Waals surface area contributed by atoms with E-state index in [4.69, 9.17) is 10.1 Å². The number of pyridine rings is 1. The van der Waals surface area contributed by atoms with E-state index in [1.54, 1.807) is 6.20 Å². The molecule has 0 saturated carbocycles. The van der Waals surface area contributed by atoms with Crippen LogP contribution in [0.15, 0.2) is 122 Å². The van der Waals surface area contributed by atoms with Crippen LogP contribution in [0, 0.1) is 12.1 Å². The number of nitrogens with zero attached hydrogens (tertiary/aromatic N) is 6. The van der Waals surface area contributed by atoms with Crippen molar-refractivity contribution in [3.8, 4) is 22.5 Å². The normalized spacial score (nSPS) is 14.3. The Hall–Kier alpha value is -4.84. The van der Waals surface area contributed by atoms with E-state index in [-0.39, 0.29) is 30.9 Å². The Balaban J connectivity index is 0.000000144. The van der Waals surface area contributed by atoms with E-state index in [0.717, 1.165) is 39.3 Å². The molecule has 4 aromatic heterocycles. The number of imidazole rings is 2. The Labute approximate surface area is 281 Å². The molecule has 0 saturated heterocycles. The molecular formula is C39H32IrN6-2. The minimum absolute atomic E-state index is 0. The van der Waals surface area contributed by atoms with E-state index in [1.807, 2.05) is 54.7 Å². The molecule has 5 heterocycles. The molecule has 0 spiro atoms. The van der Waals surface area contributed by atoms with E-state index in [1.165, 1.54) is 22.4 Å². The van der Waals surface area contributed by atoms with Crippen LogP contribution >= 0.6 is 0 Å². The Morgan fingerprint density at radius 2 is 1.43 bits per heavy atom. The molecule has 8 aromatic rings. The third-order valence-electron chi connectivity index (χ3n) is 9.62. The van der Waals surface area contributed by atoms with Gasteiger partial charge in [-0.3, -0.25) is 9.08 Å². The van der Waals surface area contributed by atoms with Crippen LogP contribution in [0.25, 0.3) is 50.5 Å². The summed E-state index contributed by atoms with van der Waals surface area (Å²) in [5.74, 6) is 0.859.